The molecule has 0 aliphatic carbocycles. The predicted molar refractivity (Wildman–Crippen MR) is 158 cm³/mol. The van der Waals surface area contributed by atoms with Crippen molar-refractivity contribution >= 4 is 11.7 Å². The molecule has 1 aromatic carbocycles. The molecule has 5 nitrogen and oxygen atoms in total. The van der Waals surface area contributed by atoms with E-state index in [1.54, 1.807) is 24.3 Å². The molecule has 1 unspecified atom stereocenters. The van der Waals surface area contributed by atoms with Crippen LogP contribution in [0.1, 0.15) is 155 Å². The Balaban J connectivity index is 2.31. The van der Waals surface area contributed by atoms with E-state index in [2.05, 4.69) is 24.6 Å². The number of nitrogens with one attached hydrogen (secondary N) is 1. The lowest BCUT2D eigenvalue weighted by Crippen LogP contribution is -2.11. The summed E-state index contributed by atoms with van der Waals surface area (Å²) in [5.74, 6) is 0.959. The molecule has 0 aromatic heterocycles. The summed E-state index contributed by atoms with van der Waals surface area (Å²) in [5.41, 5.74) is 2.92. The van der Waals surface area contributed by atoms with E-state index in [1.807, 2.05) is 0 Å². The summed E-state index contributed by atoms with van der Waals surface area (Å²) in [6.45, 7) is 4.54. The lowest BCUT2D eigenvalue weighted by Gasteiger charge is -2.17. The van der Waals surface area contributed by atoms with Crippen molar-refractivity contribution in [3.8, 4) is 5.75 Å². The molecule has 0 aliphatic rings. The number of carbonyl (C=O) groups is 1. The smallest absolute Gasteiger partial charge is 0.311 e. The van der Waals surface area contributed by atoms with Gasteiger partial charge in [0.25, 0.3) is 0 Å². The summed E-state index contributed by atoms with van der Waals surface area (Å²) in [6.07, 6.45) is 28.2. The highest BCUT2D eigenvalue weighted by molar-refractivity contribution is 5.72. The van der Waals surface area contributed by atoms with E-state index in [0.29, 0.717) is 23.8 Å². The molecule has 1 rings (SSSR count). The maximum atomic E-state index is 12.5. The van der Waals surface area contributed by atoms with Crippen molar-refractivity contribution in [3.05, 3.63) is 29.2 Å². The molecule has 0 heterocycles. The van der Waals surface area contributed by atoms with Gasteiger partial charge in [0.05, 0.1) is 11.0 Å². The van der Waals surface area contributed by atoms with Crippen molar-refractivity contribution in [2.75, 3.05) is 5.43 Å². The Labute approximate surface area is 227 Å². The van der Waals surface area contributed by atoms with Crippen LogP contribution < -0.4 is 10.2 Å². The third kappa shape index (κ3) is 19.8. The van der Waals surface area contributed by atoms with E-state index in [9.17, 15) is 9.70 Å². The SMILES string of the molecule is CCCCCCCCCCCCC(CCCCCCCCCC)CCC(=O)Oc1ccc(NN=O)cc1. The average molecular weight is 517 g/mol. The van der Waals surface area contributed by atoms with Crippen LogP contribution in [0.25, 0.3) is 0 Å². The van der Waals surface area contributed by atoms with Gasteiger partial charge in [-0.3, -0.25) is 4.79 Å². The van der Waals surface area contributed by atoms with E-state index in [0.717, 1.165) is 6.42 Å². The summed E-state index contributed by atoms with van der Waals surface area (Å²) in [6, 6.07) is 6.74. The lowest BCUT2D eigenvalue weighted by molar-refractivity contribution is -0.134. The van der Waals surface area contributed by atoms with Crippen molar-refractivity contribution in [2.45, 2.75) is 155 Å². The minimum Gasteiger partial charge on any atom is -0.427 e. The van der Waals surface area contributed by atoms with Crippen LogP contribution >= 0.6 is 0 Å². The Kier molecular flexibility index (Phi) is 21.9. The third-order valence-corrected chi connectivity index (χ3v) is 7.45. The number of nitrogens with zero attached hydrogens (tertiary/aromatic N) is 1. The van der Waals surface area contributed by atoms with E-state index < -0.39 is 0 Å². The molecular weight excluding hydrogens is 460 g/mol. The maximum absolute atomic E-state index is 12.5. The van der Waals surface area contributed by atoms with Crippen LogP contribution in [0.5, 0.6) is 5.75 Å². The summed E-state index contributed by atoms with van der Waals surface area (Å²) < 4.78 is 5.52. The fourth-order valence-corrected chi connectivity index (χ4v) is 5.08. The molecule has 1 atom stereocenters. The molecule has 0 spiro atoms. The largest absolute Gasteiger partial charge is 0.427 e. The fraction of sp³-hybridized carbons (Fsp3) is 0.781. The average Bonchev–Trinajstić information content (AvgIpc) is 2.90. The Hall–Kier alpha value is -1.91. The zero-order valence-electron chi connectivity index (χ0n) is 24.1. The number of anilines is 1. The Bertz CT molecular complexity index is 663. The highest BCUT2D eigenvalue weighted by atomic mass is 16.5. The molecule has 37 heavy (non-hydrogen) atoms. The van der Waals surface area contributed by atoms with Gasteiger partial charge in [0.2, 0.25) is 0 Å². The van der Waals surface area contributed by atoms with E-state index in [-0.39, 0.29) is 5.97 Å². The monoisotopic (exact) mass is 516 g/mol. The number of ether oxygens (including phenoxy) is 1. The third-order valence-electron chi connectivity index (χ3n) is 7.45. The Morgan fingerprint density at radius 1 is 0.676 bits per heavy atom. The predicted octanol–water partition coefficient (Wildman–Crippen LogP) is 10.9. The molecule has 0 fully saturated rings. The minimum atomic E-state index is -0.168. The molecule has 0 saturated carbocycles. The molecule has 0 amide bonds. The number of benzene rings is 1. The molecule has 1 N–H and O–H groups in total. The fourth-order valence-electron chi connectivity index (χ4n) is 5.08. The normalized spacial score (nSPS) is 11.8. The number of carbonyl (C=O) groups excluding carboxylic acids is 1. The van der Waals surface area contributed by atoms with Crippen LogP contribution in [0, 0.1) is 10.8 Å². The number of rotatable bonds is 26. The van der Waals surface area contributed by atoms with Gasteiger partial charge in [-0.25, -0.2) is 5.43 Å². The molecule has 0 saturated heterocycles. The zero-order valence-corrected chi connectivity index (χ0v) is 24.1. The van der Waals surface area contributed by atoms with Crippen molar-refractivity contribution in [3.63, 3.8) is 0 Å². The van der Waals surface area contributed by atoms with Gasteiger partial charge in [-0.05, 0) is 36.6 Å². The molecule has 1 aromatic rings. The Morgan fingerprint density at radius 3 is 1.54 bits per heavy atom. The van der Waals surface area contributed by atoms with Crippen molar-refractivity contribution < 1.29 is 9.53 Å². The van der Waals surface area contributed by atoms with E-state index in [4.69, 9.17) is 4.74 Å². The first-order chi connectivity index (χ1) is 18.2. The van der Waals surface area contributed by atoms with Crippen LogP contribution in [0.2, 0.25) is 0 Å². The van der Waals surface area contributed by atoms with Crippen molar-refractivity contribution in [2.24, 2.45) is 11.2 Å². The molecule has 5 heteroatoms. The summed E-state index contributed by atoms with van der Waals surface area (Å²) in [5, 5.41) is 2.65. The number of nitroso groups, excluding NO2 is 1. The van der Waals surface area contributed by atoms with Crippen LogP contribution in [0.3, 0.4) is 0 Å². The number of hydrogen-bond donors (Lipinski definition) is 1. The second-order valence-electron chi connectivity index (χ2n) is 10.8. The maximum Gasteiger partial charge on any atom is 0.311 e. The van der Waals surface area contributed by atoms with Crippen LogP contribution in [-0.2, 0) is 4.79 Å². The summed E-state index contributed by atoms with van der Waals surface area (Å²) in [4.78, 5) is 22.8. The number of esters is 1. The first kappa shape index (κ1) is 33.1. The molecule has 0 bridgehead atoms. The summed E-state index contributed by atoms with van der Waals surface area (Å²) >= 11 is 0. The number of hydrogen-bond acceptors (Lipinski definition) is 4. The van der Waals surface area contributed by atoms with Crippen LogP contribution in [-0.4, -0.2) is 5.97 Å². The second-order valence-corrected chi connectivity index (χ2v) is 10.8. The lowest BCUT2D eigenvalue weighted by atomic mass is 9.90. The topological polar surface area (TPSA) is 67.8 Å². The quantitative estimate of drug-likeness (QED) is 0.0437. The van der Waals surface area contributed by atoms with Gasteiger partial charge in [0.15, 0.2) is 0 Å². The first-order valence-electron chi connectivity index (χ1n) is 15.6. The molecule has 0 aliphatic heterocycles. The van der Waals surface area contributed by atoms with Crippen molar-refractivity contribution in [1.82, 2.24) is 0 Å². The summed E-state index contributed by atoms with van der Waals surface area (Å²) in [7, 11) is 0. The van der Waals surface area contributed by atoms with Gasteiger partial charge >= 0.3 is 5.97 Å². The minimum absolute atomic E-state index is 0.168. The van der Waals surface area contributed by atoms with E-state index in [1.165, 1.54) is 128 Å². The second kappa shape index (κ2) is 24.4. The standard InChI is InChI=1S/C32H56N2O3/c1-3-5-7-9-11-13-14-16-18-20-22-29(21-19-17-15-12-10-8-6-4-2)23-28-32(35)37-31-26-24-30(25-27-31)33-34-36/h24-27,29H,3-23,28H2,1-2H3,(H,33,36). The van der Waals surface area contributed by atoms with Crippen LogP contribution in [0.15, 0.2) is 29.6 Å². The van der Waals surface area contributed by atoms with E-state index >= 15 is 0 Å². The van der Waals surface area contributed by atoms with Gasteiger partial charge in [0, 0.05) is 6.42 Å². The zero-order chi connectivity index (χ0) is 26.8. The molecular formula is C32H56N2O3. The number of unbranched alkanes of at least 4 members (excludes halogenated alkanes) is 16. The Morgan fingerprint density at radius 2 is 1.11 bits per heavy atom. The van der Waals surface area contributed by atoms with Gasteiger partial charge in [0.1, 0.15) is 5.75 Å². The van der Waals surface area contributed by atoms with Gasteiger partial charge in [-0.1, -0.05) is 142 Å². The van der Waals surface area contributed by atoms with Crippen LogP contribution in [0.4, 0.5) is 5.69 Å². The van der Waals surface area contributed by atoms with Crippen molar-refractivity contribution in [1.29, 1.82) is 0 Å². The van der Waals surface area contributed by atoms with Gasteiger partial charge in [-0.15, -0.1) is 4.91 Å². The highest BCUT2D eigenvalue weighted by Crippen LogP contribution is 2.24. The molecule has 0 radical (unpaired) electrons. The van der Waals surface area contributed by atoms with Gasteiger partial charge in [-0.2, -0.15) is 0 Å². The first-order valence-corrected chi connectivity index (χ1v) is 15.6. The molecule has 212 valence electrons. The highest BCUT2D eigenvalue weighted by Gasteiger charge is 2.13. The van der Waals surface area contributed by atoms with Gasteiger partial charge < -0.3 is 4.74 Å².